The Kier molecular flexibility index (Phi) is 2.21. The van der Waals surface area contributed by atoms with Crippen molar-refractivity contribution in [3.8, 4) is 0 Å². The maximum absolute atomic E-state index is 10.9. The standard InChI is InChI=1S/C10H15NO3/c1-6(12)11-4-9(5-11)7-2-8(3-7)10(13)14/h7-9H,2-5H2,1H3,(H,13,14). The Morgan fingerprint density at radius 3 is 2.21 bits per heavy atom. The van der Waals surface area contributed by atoms with Gasteiger partial charge >= 0.3 is 5.97 Å². The number of carboxylic acids is 1. The Bertz CT molecular complexity index is 237. The molecule has 4 nitrogen and oxygen atoms in total. The second kappa shape index (κ2) is 3.26. The zero-order valence-electron chi connectivity index (χ0n) is 8.27. The van der Waals surface area contributed by atoms with E-state index in [1.165, 1.54) is 0 Å². The molecule has 1 saturated carbocycles. The summed E-state index contributed by atoms with van der Waals surface area (Å²) >= 11 is 0. The molecule has 0 aromatic rings. The van der Waals surface area contributed by atoms with E-state index in [9.17, 15) is 9.59 Å². The molecule has 0 aromatic heterocycles. The topological polar surface area (TPSA) is 57.6 Å². The van der Waals surface area contributed by atoms with Crippen molar-refractivity contribution in [1.82, 2.24) is 4.90 Å². The van der Waals surface area contributed by atoms with Crippen molar-refractivity contribution < 1.29 is 14.7 Å². The van der Waals surface area contributed by atoms with E-state index >= 15 is 0 Å². The molecule has 1 N–H and O–H groups in total. The molecule has 1 saturated heterocycles. The van der Waals surface area contributed by atoms with E-state index in [4.69, 9.17) is 5.11 Å². The largest absolute Gasteiger partial charge is 0.481 e. The van der Waals surface area contributed by atoms with Crippen LogP contribution < -0.4 is 0 Å². The summed E-state index contributed by atoms with van der Waals surface area (Å²) in [5, 5.41) is 8.70. The Hall–Kier alpha value is -1.06. The van der Waals surface area contributed by atoms with Crippen molar-refractivity contribution in [2.75, 3.05) is 13.1 Å². The Labute approximate surface area is 82.9 Å². The maximum Gasteiger partial charge on any atom is 0.306 e. The number of hydrogen-bond acceptors (Lipinski definition) is 2. The molecule has 0 atom stereocenters. The van der Waals surface area contributed by atoms with E-state index < -0.39 is 5.97 Å². The third kappa shape index (κ3) is 1.49. The molecule has 0 radical (unpaired) electrons. The normalized spacial score (nSPS) is 31.9. The minimum absolute atomic E-state index is 0.119. The summed E-state index contributed by atoms with van der Waals surface area (Å²) in [5.74, 6) is 0.465. The molecule has 1 aliphatic carbocycles. The van der Waals surface area contributed by atoms with Crippen LogP contribution in [0.3, 0.4) is 0 Å². The summed E-state index contributed by atoms with van der Waals surface area (Å²) in [7, 11) is 0. The summed E-state index contributed by atoms with van der Waals surface area (Å²) in [5.41, 5.74) is 0. The van der Waals surface area contributed by atoms with Crippen molar-refractivity contribution in [2.45, 2.75) is 19.8 Å². The van der Waals surface area contributed by atoms with Gasteiger partial charge in [-0.05, 0) is 24.7 Å². The maximum atomic E-state index is 10.9. The van der Waals surface area contributed by atoms with Gasteiger partial charge in [0.05, 0.1) is 5.92 Å². The highest BCUT2D eigenvalue weighted by molar-refractivity contribution is 5.74. The Morgan fingerprint density at radius 1 is 1.21 bits per heavy atom. The van der Waals surface area contributed by atoms with Crippen LogP contribution in [0.15, 0.2) is 0 Å². The number of aliphatic carboxylic acids is 1. The minimum atomic E-state index is -0.663. The molecule has 1 amide bonds. The fraction of sp³-hybridized carbons (Fsp3) is 0.800. The zero-order chi connectivity index (χ0) is 10.3. The SMILES string of the molecule is CC(=O)N1CC(C2CC(C(=O)O)C2)C1. The third-order valence-electron chi connectivity index (χ3n) is 3.55. The molecular weight excluding hydrogens is 182 g/mol. The molecule has 4 heteroatoms. The number of likely N-dealkylation sites (tertiary alicyclic amines) is 1. The predicted molar refractivity (Wildman–Crippen MR) is 49.6 cm³/mol. The van der Waals surface area contributed by atoms with Gasteiger partial charge in [-0.25, -0.2) is 0 Å². The van der Waals surface area contributed by atoms with E-state index in [0.29, 0.717) is 11.8 Å². The Balaban J connectivity index is 1.71. The van der Waals surface area contributed by atoms with E-state index in [0.717, 1.165) is 25.9 Å². The smallest absolute Gasteiger partial charge is 0.306 e. The van der Waals surface area contributed by atoms with Crippen LogP contribution in [0.1, 0.15) is 19.8 Å². The van der Waals surface area contributed by atoms with Crippen LogP contribution in [0.4, 0.5) is 0 Å². The monoisotopic (exact) mass is 197 g/mol. The fourth-order valence-electron chi connectivity index (χ4n) is 2.32. The molecule has 78 valence electrons. The van der Waals surface area contributed by atoms with E-state index in [1.54, 1.807) is 6.92 Å². The first kappa shape index (κ1) is 9.49. The molecule has 0 bridgehead atoms. The predicted octanol–water partition coefficient (Wildman–Crippen LogP) is 0.575. The number of carbonyl (C=O) groups is 2. The highest BCUT2D eigenvalue weighted by Gasteiger charge is 2.43. The first-order valence-corrected chi connectivity index (χ1v) is 5.06. The van der Waals surface area contributed by atoms with Crippen molar-refractivity contribution in [3.05, 3.63) is 0 Å². The van der Waals surface area contributed by atoms with Crippen LogP contribution in [0.2, 0.25) is 0 Å². The quantitative estimate of drug-likeness (QED) is 0.704. The summed E-state index contributed by atoms with van der Waals surface area (Å²) in [6, 6.07) is 0. The minimum Gasteiger partial charge on any atom is -0.481 e. The van der Waals surface area contributed by atoms with Gasteiger partial charge in [0.1, 0.15) is 0 Å². The van der Waals surface area contributed by atoms with E-state index in [2.05, 4.69) is 0 Å². The summed E-state index contributed by atoms with van der Waals surface area (Å²) < 4.78 is 0. The molecule has 2 fully saturated rings. The van der Waals surface area contributed by atoms with Crippen LogP contribution in [0.25, 0.3) is 0 Å². The highest BCUT2D eigenvalue weighted by Crippen LogP contribution is 2.42. The fourth-order valence-corrected chi connectivity index (χ4v) is 2.32. The molecule has 0 unspecified atom stereocenters. The lowest BCUT2D eigenvalue weighted by molar-refractivity contribution is -0.151. The second-order valence-corrected chi connectivity index (χ2v) is 4.45. The van der Waals surface area contributed by atoms with Gasteiger partial charge in [-0.1, -0.05) is 0 Å². The summed E-state index contributed by atoms with van der Waals surface area (Å²) in [6.45, 7) is 3.26. The number of carbonyl (C=O) groups excluding carboxylic acids is 1. The average Bonchev–Trinajstić information content (AvgIpc) is 1.88. The van der Waals surface area contributed by atoms with Crippen LogP contribution in [0, 0.1) is 17.8 Å². The number of hydrogen-bond donors (Lipinski definition) is 1. The average molecular weight is 197 g/mol. The number of amides is 1. The third-order valence-corrected chi connectivity index (χ3v) is 3.55. The number of nitrogens with zero attached hydrogens (tertiary/aromatic N) is 1. The van der Waals surface area contributed by atoms with E-state index in [1.807, 2.05) is 4.90 Å². The molecule has 14 heavy (non-hydrogen) atoms. The van der Waals surface area contributed by atoms with Crippen molar-refractivity contribution >= 4 is 11.9 Å². The van der Waals surface area contributed by atoms with Crippen LogP contribution in [0.5, 0.6) is 0 Å². The van der Waals surface area contributed by atoms with Gasteiger partial charge < -0.3 is 10.0 Å². The summed E-state index contributed by atoms with van der Waals surface area (Å²) in [6.07, 6.45) is 1.62. The molecule has 0 spiro atoms. The van der Waals surface area contributed by atoms with Crippen LogP contribution in [-0.2, 0) is 9.59 Å². The van der Waals surface area contributed by atoms with Gasteiger partial charge in [0, 0.05) is 20.0 Å². The molecule has 2 rings (SSSR count). The summed E-state index contributed by atoms with van der Waals surface area (Å²) in [4.78, 5) is 23.3. The van der Waals surface area contributed by atoms with Gasteiger partial charge in [-0.3, -0.25) is 9.59 Å². The molecular formula is C10H15NO3. The van der Waals surface area contributed by atoms with Crippen LogP contribution >= 0.6 is 0 Å². The highest BCUT2D eigenvalue weighted by atomic mass is 16.4. The lowest BCUT2D eigenvalue weighted by Gasteiger charge is -2.48. The van der Waals surface area contributed by atoms with Crippen molar-refractivity contribution in [2.24, 2.45) is 17.8 Å². The second-order valence-electron chi connectivity index (χ2n) is 4.45. The van der Waals surface area contributed by atoms with Crippen LogP contribution in [-0.4, -0.2) is 35.0 Å². The van der Waals surface area contributed by atoms with Crippen molar-refractivity contribution in [3.63, 3.8) is 0 Å². The van der Waals surface area contributed by atoms with Gasteiger partial charge in [-0.2, -0.15) is 0 Å². The van der Waals surface area contributed by atoms with Gasteiger partial charge in [0.25, 0.3) is 0 Å². The molecule has 1 aliphatic heterocycles. The Morgan fingerprint density at radius 2 is 1.79 bits per heavy atom. The molecule has 1 heterocycles. The number of carboxylic acid groups (broad SMARTS) is 1. The first-order chi connectivity index (χ1) is 6.58. The van der Waals surface area contributed by atoms with Gasteiger partial charge in [0.2, 0.25) is 5.91 Å². The van der Waals surface area contributed by atoms with Gasteiger partial charge in [0.15, 0.2) is 0 Å². The lowest BCUT2D eigenvalue weighted by atomic mass is 9.66. The zero-order valence-corrected chi connectivity index (χ0v) is 8.27. The van der Waals surface area contributed by atoms with Crippen molar-refractivity contribution in [1.29, 1.82) is 0 Å². The molecule has 0 aromatic carbocycles. The lowest BCUT2D eigenvalue weighted by Crippen LogP contribution is -2.54. The van der Waals surface area contributed by atoms with Gasteiger partial charge in [-0.15, -0.1) is 0 Å². The van der Waals surface area contributed by atoms with E-state index in [-0.39, 0.29) is 11.8 Å². The number of rotatable bonds is 2. The molecule has 2 aliphatic rings. The first-order valence-electron chi connectivity index (χ1n) is 5.06.